The van der Waals surface area contributed by atoms with Gasteiger partial charge in [0.25, 0.3) is 0 Å². The summed E-state index contributed by atoms with van der Waals surface area (Å²) in [5.41, 5.74) is 5.59. The fourth-order valence-corrected chi connectivity index (χ4v) is 1.49. The predicted molar refractivity (Wildman–Crippen MR) is 79.0 cm³/mol. The smallest absolute Gasteiger partial charge is 0.220 e. The molecule has 1 unspecified atom stereocenters. The summed E-state index contributed by atoms with van der Waals surface area (Å²) in [7, 11) is 0. The van der Waals surface area contributed by atoms with Crippen LogP contribution in [-0.2, 0) is 4.79 Å². The summed E-state index contributed by atoms with van der Waals surface area (Å²) < 4.78 is 0. The van der Waals surface area contributed by atoms with Gasteiger partial charge < -0.3 is 11.1 Å². The summed E-state index contributed by atoms with van der Waals surface area (Å²) in [6.45, 7) is 8.40. The van der Waals surface area contributed by atoms with Crippen molar-refractivity contribution in [3.63, 3.8) is 0 Å². The molecule has 0 aliphatic heterocycles. The molecule has 3 nitrogen and oxygen atoms in total. The lowest BCUT2D eigenvalue weighted by Crippen LogP contribution is -2.40. The molecule has 0 aromatic carbocycles. The first-order valence-corrected chi connectivity index (χ1v) is 5.70. The second kappa shape index (κ2) is 13.8. The van der Waals surface area contributed by atoms with Gasteiger partial charge in [0.15, 0.2) is 0 Å². The molecule has 0 radical (unpaired) electrons. The van der Waals surface area contributed by atoms with Crippen molar-refractivity contribution in [3.05, 3.63) is 12.7 Å². The van der Waals surface area contributed by atoms with Crippen LogP contribution in [0.15, 0.2) is 12.7 Å². The van der Waals surface area contributed by atoms with Crippen LogP contribution in [0.5, 0.6) is 0 Å². The molecular weight excluding hydrogens is 259 g/mol. The van der Waals surface area contributed by atoms with E-state index in [1.807, 2.05) is 6.08 Å². The molecular formula is C12H26Cl2N2O. The van der Waals surface area contributed by atoms with Gasteiger partial charge in [-0.15, -0.1) is 31.4 Å². The van der Waals surface area contributed by atoms with Crippen LogP contribution in [0.2, 0.25) is 0 Å². The number of halogens is 2. The van der Waals surface area contributed by atoms with E-state index in [4.69, 9.17) is 5.73 Å². The van der Waals surface area contributed by atoms with E-state index >= 15 is 0 Å². The third-order valence-electron chi connectivity index (χ3n) is 2.22. The van der Waals surface area contributed by atoms with Gasteiger partial charge in [0.05, 0.1) is 0 Å². The second-order valence-electron chi connectivity index (χ2n) is 4.31. The largest absolute Gasteiger partial charge is 0.352 e. The van der Waals surface area contributed by atoms with Crippen molar-refractivity contribution >= 4 is 30.7 Å². The van der Waals surface area contributed by atoms with Gasteiger partial charge in [0.2, 0.25) is 5.91 Å². The first-order valence-electron chi connectivity index (χ1n) is 5.70. The monoisotopic (exact) mass is 284 g/mol. The molecule has 5 heteroatoms. The number of carbonyl (C=O) groups is 1. The number of nitrogens with two attached hydrogens (primary N) is 1. The van der Waals surface area contributed by atoms with Crippen LogP contribution in [0.3, 0.4) is 0 Å². The molecule has 0 aromatic rings. The molecule has 1 atom stereocenters. The number of hydrogen-bond donors (Lipinski definition) is 2. The third kappa shape index (κ3) is 13.7. The molecule has 3 N–H and O–H groups in total. The molecule has 0 saturated heterocycles. The Balaban J connectivity index is -0.000000980. The van der Waals surface area contributed by atoms with Crippen molar-refractivity contribution in [2.45, 2.75) is 45.6 Å². The van der Waals surface area contributed by atoms with E-state index in [-0.39, 0.29) is 36.8 Å². The standard InChI is InChI=1S/C12H24N2O.2ClH/c1-4-5-6-7-12(15)14-11(9-13)8-10(2)3;;/h4,10-11H,1,5-9,13H2,2-3H3,(H,14,15);2*1H. The van der Waals surface area contributed by atoms with Crippen molar-refractivity contribution in [1.82, 2.24) is 5.32 Å². The molecule has 0 bridgehead atoms. The van der Waals surface area contributed by atoms with Crippen LogP contribution in [0.4, 0.5) is 0 Å². The number of carbonyl (C=O) groups excluding carboxylic acids is 1. The summed E-state index contributed by atoms with van der Waals surface area (Å²) in [4.78, 5) is 11.5. The molecule has 0 aromatic heterocycles. The topological polar surface area (TPSA) is 55.1 Å². The molecule has 0 aliphatic carbocycles. The molecule has 104 valence electrons. The Hall–Kier alpha value is -0.250. The predicted octanol–water partition coefficient (Wildman–Crippen LogP) is 2.68. The van der Waals surface area contributed by atoms with Gasteiger partial charge in [-0.05, 0) is 25.2 Å². The van der Waals surface area contributed by atoms with Crippen LogP contribution >= 0.6 is 24.8 Å². The Bertz CT molecular complexity index is 199. The summed E-state index contributed by atoms with van der Waals surface area (Å²) in [6, 6.07) is 0.126. The molecule has 0 saturated carbocycles. The van der Waals surface area contributed by atoms with Gasteiger partial charge in [-0.2, -0.15) is 0 Å². The number of allylic oxidation sites excluding steroid dienone is 1. The van der Waals surface area contributed by atoms with E-state index < -0.39 is 0 Å². The Morgan fingerprint density at radius 2 is 2.00 bits per heavy atom. The second-order valence-corrected chi connectivity index (χ2v) is 4.31. The maximum atomic E-state index is 11.5. The summed E-state index contributed by atoms with van der Waals surface area (Å²) in [5.74, 6) is 0.667. The minimum Gasteiger partial charge on any atom is -0.352 e. The summed E-state index contributed by atoms with van der Waals surface area (Å²) >= 11 is 0. The third-order valence-corrected chi connectivity index (χ3v) is 2.22. The Morgan fingerprint density at radius 1 is 1.41 bits per heavy atom. The fourth-order valence-electron chi connectivity index (χ4n) is 1.49. The zero-order valence-electron chi connectivity index (χ0n) is 10.8. The van der Waals surface area contributed by atoms with Gasteiger partial charge in [-0.1, -0.05) is 19.9 Å². The van der Waals surface area contributed by atoms with E-state index in [1.165, 1.54) is 0 Å². The number of nitrogens with one attached hydrogen (secondary N) is 1. The van der Waals surface area contributed by atoms with E-state index in [9.17, 15) is 4.79 Å². The first-order chi connectivity index (χ1) is 7.10. The number of rotatable bonds is 8. The highest BCUT2D eigenvalue weighted by molar-refractivity contribution is 5.85. The highest BCUT2D eigenvalue weighted by Crippen LogP contribution is 2.04. The van der Waals surface area contributed by atoms with Crippen LogP contribution < -0.4 is 11.1 Å². The van der Waals surface area contributed by atoms with Crippen molar-refractivity contribution in [3.8, 4) is 0 Å². The number of hydrogen-bond acceptors (Lipinski definition) is 2. The zero-order valence-corrected chi connectivity index (χ0v) is 12.4. The molecule has 0 rings (SSSR count). The molecule has 0 spiro atoms. The zero-order chi connectivity index (χ0) is 11.7. The minimum absolute atomic E-state index is 0. The van der Waals surface area contributed by atoms with Crippen LogP contribution in [0, 0.1) is 5.92 Å². The molecule has 1 amide bonds. The van der Waals surface area contributed by atoms with Gasteiger partial charge in [0, 0.05) is 19.0 Å². The van der Waals surface area contributed by atoms with Crippen LogP contribution in [-0.4, -0.2) is 18.5 Å². The normalized spacial score (nSPS) is 11.1. The fraction of sp³-hybridized carbons (Fsp3) is 0.750. The lowest BCUT2D eigenvalue weighted by molar-refractivity contribution is -0.121. The lowest BCUT2D eigenvalue weighted by Gasteiger charge is -2.18. The van der Waals surface area contributed by atoms with Gasteiger partial charge >= 0.3 is 0 Å². The Labute approximate surface area is 117 Å². The van der Waals surface area contributed by atoms with Gasteiger partial charge in [-0.25, -0.2) is 0 Å². The highest BCUT2D eigenvalue weighted by atomic mass is 35.5. The molecule has 17 heavy (non-hydrogen) atoms. The maximum Gasteiger partial charge on any atom is 0.220 e. The quantitative estimate of drug-likeness (QED) is 0.532. The molecule has 0 aliphatic rings. The molecule has 0 fully saturated rings. The minimum atomic E-state index is 0. The SMILES string of the molecule is C=CCCCC(=O)NC(CN)CC(C)C.Cl.Cl. The van der Waals surface area contributed by atoms with E-state index in [2.05, 4.69) is 25.7 Å². The van der Waals surface area contributed by atoms with Gasteiger partial charge in [0.1, 0.15) is 0 Å². The number of amides is 1. The Morgan fingerprint density at radius 3 is 2.41 bits per heavy atom. The maximum absolute atomic E-state index is 11.5. The van der Waals surface area contributed by atoms with E-state index in [1.54, 1.807) is 0 Å². The van der Waals surface area contributed by atoms with Crippen molar-refractivity contribution in [2.75, 3.05) is 6.54 Å². The van der Waals surface area contributed by atoms with Crippen molar-refractivity contribution in [1.29, 1.82) is 0 Å². The highest BCUT2D eigenvalue weighted by Gasteiger charge is 2.11. The lowest BCUT2D eigenvalue weighted by atomic mass is 10.0. The molecule has 0 heterocycles. The van der Waals surface area contributed by atoms with Crippen LogP contribution in [0.25, 0.3) is 0 Å². The first kappa shape index (κ1) is 22.0. The van der Waals surface area contributed by atoms with Crippen LogP contribution in [0.1, 0.15) is 39.5 Å². The average molecular weight is 285 g/mol. The van der Waals surface area contributed by atoms with E-state index in [0.29, 0.717) is 18.9 Å². The Kier molecular flexibility index (Phi) is 17.9. The summed E-state index contributed by atoms with van der Waals surface area (Å²) in [5, 5.41) is 2.96. The van der Waals surface area contributed by atoms with Gasteiger partial charge in [-0.3, -0.25) is 4.79 Å². The number of unbranched alkanes of at least 4 members (excludes halogenated alkanes) is 1. The average Bonchev–Trinajstić information content (AvgIpc) is 2.16. The van der Waals surface area contributed by atoms with E-state index in [0.717, 1.165) is 19.3 Å². The summed E-state index contributed by atoms with van der Waals surface area (Å²) in [6.07, 6.45) is 5.12. The van der Waals surface area contributed by atoms with Crippen molar-refractivity contribution < 1.29 is 4.79 Å². The van der Waals surface area contributed by atoms with Crippen molar-refractivity contribution in [2.24, 2.45) is 11.7 Å².